The highest BCUT2D eigenvalue weighted by Crippen LogP contribution is 2.62. The Kier molecular flexibility index (Phi) is 5.77. The van der Waals surface area contributed by atoms with Gasteiger partial charge in [-0.05, 0) is 41.9 Å². The van der Waals surface area contributed by atoms with E-state index in [9.17, 15) is 14.4 Å². The number of amides is 2. The van der Waals surface area contributed by atoms with E-state index in [1.807, 2.05) is 60.7 Å². The van der Waals surface area contributed by atoms with Crippen molar-refractivity contribution < 1.29 is 19.1 Å². The molecule has 0 radical (unpaired) electrons. The lowest BCUT2D eigenvalue weighted by Crippen LogP contribution is -2.49. The van der Waals surface area contributed by atoms with Crippen molar-refractivity contribution in [3.05, 3.63) is 77.4 Å². The maximum Gasteiger partial charge on any atom is 0.334 e. The molecule has 172 valence electrons. The molecule has 3 atom stereocenters. The molecule has 0 fully saturated rings. The molecule has 0 saturated carbocycles. The first-order valence-corrected chi connectivity index (χ1v) is 11.5. The molecule has 0 bridgehead atoms. The van der Waals surface area contributed by atoms with Crippen molar-refractivity contribution in [1.82, 2.24) is 0 Å². The van der Waals surface area contributed by atoms with Crippen molar-refractivity contribution in [1.29, 1.82) is 0 Å². The highest BCUT2D eigenvalue weighted by molar-refractivity contribution is 6.23. The van der Waals surface area contributed by atoms with Gasteiger partial charge in [0.15, 0.2) is 0 Å². The molecule has 0 saturated heterocycles. The van der Waals surface area contributed by atoms with Crippen LogP contribution in [-0.2, 0) is 24.5 Å². The number of carbonyl (C=O) groups excluding carboxylic acids is 3. The third-order valence-electron chi connectivity index (χ3n) is 6.67. The number of nitrogens with zero attached hydrogens (tertiary/aromatic N) is 1. The lowest BCUT2D eigenvalue weighted by atomic mass is 9.61. The lowest BCUT2D eigenvalue weighted by molar-refractivity contribution is -0.138. The zero-order valence-corrected chi connectivity index (χ0v) is 19.9. The maximum atomic E-state index is 14.4. The average molecular weight is 446 g/mol. The second kappa shape index (κ2) is 8.29. The Morgan fingerprint density at radius 1 is 1.03 bits per heavy atom. The van der Waals surface area contributed by atoms with E-state index in [0.29, 0.717) is 17.7 Å². The molecule has 5 nitrogen and oxygen atoms in total. The van der Waals surface area contributed by atoms with E-state index in [-0.39, 0.29) is 29.8 Å². The summed E-state index contributed by atoms with van der Waals surface area (Å²) in [5.41, 5.74) is 1.54. The SMILES string of the molecule is CCOC(=O)C1=C[C@@H](CC(C)(C)C)[C@]2(C(=O)N(C(C)=O)c3ccccc32)[C@H]1c1ccccc1. The number of rotatable bonds is 4. The number of allylic oxidation sites excluding steroid dienone is 1. The Bertz CT molecular complexity index is 1130. The summed E-state index contributed by atoms with van der Waals surface area (Å²) in [6.07, 6.45) is 2.62. The first-order chi connectivity index (χ1) is 15.6. The van der Waals surface area contributed by atoms with E-state index in [1.54, 1.807) is 6.92 Å². The summed E-state index contributed by atoms with van der Waals surface area (Å²) in [6.45, 7) is 9.83. The zero-order chi connectivity index (χ0) is 24.0. The van der Waals surface area contributed by atoms with E-state index in [4.69, 9.17) is 4.74 Å². The quantitative estimate of drug-likeness (QED) is 0.610. The number of hydrogen-bond acceptors (Lipinski definition) is 4. The van der Waals surface area contributed by atoms with Crippen molar-refractivity contribution >= 4 is 23.5 Å². The van der Waals surface area contributed by atoms with Crippen LogP contribution in [0.2, 0.25) is 0 Å². The van der Waals surface area contributed by atoms with Gasteiger partial charge in [-0.1, -0.05) is 75.4 Å². The van der Waals surface area contributed by atoms with Gasteiger partial charge in [0.25, 0.3) is 0 Å². The van der Waals surface area contributed by atoms with Crippen LogP contribution < -0.4 is 4.90 Å². The van der Waals surface area contributed by atoms with Gasteiger partial charge in [-0.3, -0.25) is 9.59 Å². The molecule has 33 heavy (non-hydrogen) atoms. The number of ether oxygens (including phenoxy) is 1. The lowest BCUT2D eigenvalue weighted by Gasteiger charge is -2.39. The van der Waals surface area contributed by atoms with Gasteiger partial charge in [0, 0.05) is 18.4 Å². The van der Waals surface area contributed by atoms with E-state index >= 15 is 0 Å². The number of imide groups is 1. The minimum Gasteiger partial charge on any atom is -0.463 e. The first-order valence-electron chi connectivity index (χ1n) is 11.5. The smallest absolute Gasteiger partial charge is 0.334 e. The third-order valence-corrected chi connectivity index (χ3v) is 6.67. The Balaban J connectivity index is 2.05. The largest absolute Gasteiger partial charge is 0.463 e. The molecule has 2 aromatic carbocycles. The number of anilines is 1. The molecule has 2 aromatic rings. The summed E-state index contributed by atoms with van der Waals surface area (Å²) >= 11 is 0. The van der Waals surface area contributed by atoms with Gasteiger partial charge in [0.1, 0.15) is 0 Å². The van der Waals surface area contributed by atoms with Gasteiger partial charge in [0.05, 0.1) is 17.7 Å². The number of benzene rings is 2. The first kappa shape index (κ1) is 23.0. The van der Waals surface area contributed by atoms with Crippen LogP contribution in [-0.4, -0.2) is 24.4 Å². The summed E-state index contributed by atoms with van der Waals surface area (Å²) in [4.78, 5) is 41.6. The third kappa shape index (κ3) is 3.60. The minimum atomic E-state index is -1.10. The normalized spacial score (nSPS) is 24.1. The Hall–Kier alpha value is -3.21. The monoisotopic (exact) mass is 445 g/mol. The molecular weight excluding hydrogens is 414 g/mol. The van der Waals surface area contributed by atoms with Crippen molar-refractivity contribution in [2.75, 3.05) is 11.5 Å². The van der Waals surface area contributed by atoms with E-state index in [2.05, 4.69) is 20.8 Å². The van der Waals surface area contributed by atoms with Gasteiger partial charge in [-0.25, -0.2) is 9.69 Å². The number of para-hydroxylation sites is 1. The fraction of sp³-hybridized carbons (Fsp3) is 0.393. The van der Waals surface area contributed by atoms with Crippen LogP contribution in [0.5, 0.6) is 0 Å². The van der Waals surface area contributed by atoms with E-state index in [0.717, 1.165) is 11.1 Å². The number of fused-ring (bicyclic) bond motifs is 2. The summed E-state index contributed by atoms with van der Waals surface area (Å²) < 4.78 is 5.46. The molecule has 0 N–H and O–H groups in total. The standard InChI is InChI=1S/C28H31NO4/c1-6-33-25(31)21-16-20(17-27(3,4)5)28(24(21)19-12-8-7-9-13-19)22-14-10-11-15-23(22)29(18(2)30)26(28)32/h7-16,20,24H,6,17H2,1-5H3/t20-,24-,28+/m0/s1. The Morgan fingerprint density at radius 3 is 2.27 bits per heavy atom. The molecule has 1 aliphatic carbocycles. The van der Waals surface area contributed by atoms with Gasteiger partial charge >= 0.3 is 5.97 Å². The summed E-state index contributed by atoms with van der Waals surface area (Å²) in [5.74, 6) is -1.83. The number of hydrogen-bond donors (Lipinski definition) is 0. The molecule has 2 aliphatic rings. The van der Waals surface area contributed by atoms with Crippen molar-refractivity contribution in [3.8, 4) is 0 Å². The van der Waals surface area contributed by atoms with Crippen LogP contribution in [0.15, 0.2) is 66.2 Å². The molecule has 2 amide bonds. The molecule has 1 aliphatic heterocycles. The molecule has 1 heterocycles. The van der Waals surface area contributed by atoms with Crippen LogP contribution in [0.25, 0.3) is 0 Å². The second-order valence-corrected chi connectivity index (χ2v) is 10.1. The summed E-state index contributed by atoms with van der Waals surface area (Å²) in [6, 6.07) is 17.1. The second-order valence-electron chi connectivity index (χ2n) is 10.1. The molecule has 5 heteroatoms. The van der Waals surface area contributed by atoms with Crippen LogP contribution in [0.3, 0.4) is 0 Å². The van der Waals surface area contributed by atoms with Crippen LogP contribution in [0.1, 0.15) is 58.1 Å². The highest BCUT2D eigenvalue weighted by Gasteiger charge is 2.65. The highest BCUT2D eigenvalue weighted by atomic mass is 16.5. The average Bonchev–Trinajstić information content (AvgIpc) is 3.22. The van der Waals surface area contributed by atoms with Gasteiger partial charge in [-0.2, -0.15) is 0 Å². The summed E-state index contributed by atoms with van der Waals surface area (Å²) in [5, 5.41) is 0. The molecule has 1 spiro atoms. The maximum absolute atomic E-state index is 14.4. The van der Waals surface area contributed by atoms with Gasteiger partial charge in [-0.15, -0.1) is 0 Å². The molecule has 4 rings (SSSR count). The van der Waals surface area contributed by atoms with Crippen LogP contribution in [0, 0.1) is 11.3 Å². The fourth-order valence-corrected chi connectivity index (χ4v) is 5.65. The Labute approximate surface area is 195 Å². The zero-order valence-electron chi connectivity index (χ0n) is 19.9. The number of esters is 1. The Morgan fingerprint density at radius 2 is 1.67 bits per heavy atom. The van der Waals surface area contributed by atoms with Gasteiger partial charge < -0.3 is 4.74 Å². The van der Waals surface area contributed by atoms with Crippen molar-refractivity contribution in [3.63, 3.8) is 0 Å². The topological polar surface area (TPSA) is 63.7 Å². The predicted octanol–water partition coefficient (Wildman–Crippen LogP) is 5.16. The van der Waals surface area contributed by atoms with Crippen molar-refractivity contribution in [2.24, 2.45) is 11.3 Å². The summed E-state index contributed by atoms with van der Waals surface area (Å²) in [7, 11) is 0. The van der Waals surface area contributed by atoms with Crippen LogP contribution in [0.4, 0.5) is 5.69 Å². The predicted molar refractivity (Wildman–Crippen MR) is 128 cm³/mol. The fourth-order valence-electron chi connectivity index (χ4n) is 5.65. The van der Waals surface area contributed by atoms with E-state index in [1.165, 1.54) is 11.8 Å². The van der Waals surface area contributed by atoms with Crippen molar-refractivity contribution in [2.45, 2.75) is 52.4 Å². The number of carbonyl (C=O) groups is 3. The van der Waals surface area contributed by atoms with Crippen LogP contribution >= 0.6 is 0 Å². The van der Waals surface area contributed by atoms with E-state index < -0.39 is 17.3 Å². The molecular formula is C28H31NO4. The molecule has 0 aromatic heterocycles. The molecule has 0 unspecified atom stereocenters. The minimum absolute atomic E-state index is 0.113. The van der Waals surface area contributed by atoms with Gasteiger partial charge in [0.2, 0.25) is 11.8 Å².